The zero-order chi connectivity index (χ0) is 34.6. The molecule has 0 aliphatic carbocycles. The van der Waals surface area contributed by atoms with Gasteiger partial charge in [-0.05, 0) is 79.9 Å². The molecular weight excluding hydrogens is 601 g/mol. The molecule has 0 bridgehead atoms. The van der Waals surface area contributed by atoms with Crippen LogP contribution in [0.2, 0.25) is 0 Å². The van der Waals surface area contributed by atoms with E-state index in [1.807, 2.05) is 0 Å². The maximum atomic E-state index is 2.45. The highest BCUT2D eigenvalue weighted by molar-refractivity contribution is 6.22. The fraction of sp³-hybridized carbons (Fsp3) is 0.560. The van der Waals surface area contributed by atoms with E-state index in [-0.39, 0.29) is 0 Å². The third kappa shape index (κ3) is 11.9. The average Bonchev–Trinajstić information content (AvgIpc) is 3.15. The Kier molecular flexibility index (Phi) is 17.0. The van der Waals surface area contributed by atoms with E-state index in [4.69, 9.17) is 0 Å². The van der Waals surface area contributed by atoms with E-state index in [2.05, 4.69) is 86.6 Å². The SMILES string of the molecule is CCCCCCCCCCCCCCc1ccc2c(ccc3c2ccc2c4ccc(CCCCCCCCCCCCCC)cc4ccc23)c1. The first-order chi connectivity index (χ1) is 24.8. The molecule has 5 aromatic rings. The van der Waals surface area contributed by atoms with Crippen LogP contribution in [0.3, 0.4) is 0 Å². The molecule has 0 nitrogen and oxygen atoms in total. The van der Waals surface area contributed by atoms with Crippen LogP contribution < -0.4 is 0 Å². The van der Waals surface area contributed by atoms with E-state index in [1.54, 1.807) is 0 Å². The van der Waals surface area contributed by atoms with Crippen molar-refractivity contribution in [1.82, 2.24) is 0 Å². The number of aryl methyl sites for hydroxylation is 2. The van der Waals surface area contributed by atoms with E-state index in [0.29, 0.717) is 0 Å². The van der Waals surface area contributed by atoms with Crippen molar-refractivity contribution in [3.8, 4) is 0 Å². The highest BCUT2D eigenvalue weighted by Crippen LogP contribution is 2.35. The first-order valence-corrected chi connectivity index (χ1v) is 21.6. The Morgan fingerprint density at radius 2 is 0.520 bits per heavy atom. The second-order valence-corrected chi connectivity index (χ2v) is 15.8. The largest absolute Gasteiger partial charge is 0.0654 e. The normalized spacial score (nSPS) is 11.9. The number of fused-ring (bicyclic) bond motifs is 7. The van der Waals surface area contributed by atoms with Gasteiger partial charge in [-0.3, -0.25) is 0 Å². The lowest BCUT2D eigenvalue weighted by molar-refractivity contribution is 0.544. The third-order valence-corrected chi connectivity index (χ3v) is 11.6. The molecule has 0 fully saturated rings. The van der Waals surface area contributed by atoms with Gasteiger partial charge in [0, 0.05) is 0 Å². The van der Waals surface area contributed by atoms with Crippen LogP contribution in [-0.2, 0) is 12.8 Å². The number of benzene rings is 5. The Morgan fingerprint density at radius 1 is 0.260 bits per heavy atom. The molecule has 0 unspecified atom stereocenters. The zero-order valence-electron chi connectivity index (χ0n) is 32.3. The van der Waals surface area contributed by atoms with Crippen molar-refractivity contribution in [2.24, 2.45) is 0 Å². The van der Waals surface area contributed by atoms with Crippen LogP contribution in [0.5, 0.6) is 0 Å². The van der Waals surface area contributed by atoms with E-state index in [1.165, 1.54) is 221 Å². The van der Waals surface area contributed by atoms with Crippen LogP contribution in [0.4, 0.5) is 0 Å². The van der Waals surface area contributed by atoms with Gasteiger partial charge in [0.1, 0.15) is 0 Å². The monoisotopic (exact) mass is 671 g/mol. The molecule has 5 rings (SSSR count). The Bertz CT molecular complexity index is 1560. The van der Waals surface area contributed by atoms with Crippen LogP contribution in [0.15, 0.2) is 72.8 Å². The van der Waals surface area contributed by atoms with Crippen LogP contribution >= 0.6 is 0 Å². The van der Waals surface area contributed by atoms with Crippen molar-refractivity contribution < 1.29 is 0 Å². The van der Waals surface area contributed by atoms with E-state index < -0.39 is 0 Å². The summed E-state index contributed by atoms with van der Waals surface area (Å²) >= 11 is 0. The summed E-state index contributed by atoms with van der Waals surface area (Å²) in [5.41, 5.74) is 2.99. The molecular formula is C50H70. The van der Waals surface area contributed by atoms with Gasteiger partial charge in [0.15, 0.2) is 0 Å². The summed E-state index contributed by atoms with van der Waals surface area (Å²) in [6, 6.07) is 28.7. The molecule has 0 aliphatic rings. The summed E-state index contributed by atoms with van der Waals surface area (Å²) in [6.45, 7) is 4.61. The summed E-state index contributed by atoms with van der Waals surface area (Å²) in [5, 5.41) is 11.1. The minimum absolute atomic E-state index is 1.20. The molecule has 270 valence electrons. The van der Waals surface area contributed by atoms with Crippen LogP contribution in [-0.4, -0.2) is 0 Å². The molecule has 0 saturated carbocycles. The molecule has 0 aliphatic heterocycles. The Balaban J connectivity index is 1.07. The number of rotatable bonds is 26. The molecule has 0 amide bonds. The second kappa shape index (κ2) is 22.2. The molecule has 0 spiro atoms. The molecule has 0 heteroatoms. The van der Waals surface area contributed by atoms with Gasteiger partial charge in [0.05, 0.1) is 0 Å². The van der Waals surface area contributed by atoms with Crippen LogP contribution in [0, 0.1) is 0 Å². The molecule has 50 heavy (non-hydrogen) atoms. The maximum Gasteiger partial charge on any atom is -0.00987 e. The van der Waals surface area contributed by atoms with Gasteiger partial charge in [0.2, 0.25) is 0 Å². The lowest BCUT2D eigenvalue weighted by Crippen LogP contribution is -1.89. The number of unbranched alkanes of at least 4 members (excludes halogenated alkanes) is 22. The van der Waals surface area contributed by atoms with E-state index in [9.17, 15) is 0 Å². The molecule has 0 N–H and O–H groups in total. The molecule has 0 heterocycles. The predicted molar refractivity (Wildman–Crippen MR) is 226 cm³/mol. The van der Waals surface area contributed by atoms with Crippen molar-refractivity contribution in [3.63, 3.8) is 0 Å². The third-order valence-electron chi connectivity index (χ3n) is 11.6. The summed E-state index contributed by atoms with van der Waals surface area (Å²) in [6.07, 6.45) is 36.3. The van der Waals surface area contributed by atoms with Crippen LogP contribution in [0.25, 0.3) is 43.1 Å². The lowest BCUT2D eigenvalue weighted by Gasteiger charge is -2.12. The minimum Gasteiger partial charge on any atom is -0.0654 e. The van der Waals surface area contributed by atoms with E-state index >= 15 is 0 Å². The zero-order valence-corrected chi connectivity index (χ0v) is 32.3. The number of hydrogen-bond acceptors (Lipinski definition) is 0. The van der Waals surface area contributed by atoms with Gasteiger partial charge in [-0.1, -0.05) is 228 Å². The van der Waals surface area contributed by atoms with Gasteiger partial charge in [-0.25, -0.2) is 0 Å². The molecule has 0 aromatic heterocycles. The fourth-order valence-electron chi connectivity index (χ4n) is 8.45. The van der Waals surface area contributed by atoms with Crippen molar-refractivity contribution in [2.45, 2.75) is 181 Å². The van der Waals surface area contributed by atoms with Crippen molar-refractivity contribution in [1.29, 1.82) is 0 Å². The first-order valence-electron chi connectivity index (χ1n) is 21.6. The Labute approximate surface area is 306 Å². The topological polar surface area (TPSA) is 0 Å². The van der Waals surface area contributed by atoms with Gasteiger partial charge in [-0.2, -0.15) is 0 Å². The van der Waals surface area contributed by atoms with Gasteiger partial charge in [0.25, 0.3) is 0 Å². The smallest absolute Gasteiger partial charge is 0.00987 e. The molecule has 0 saturated heterocycles. The quantitative estimate of drug-likeness (QED) is 0.0406. The van der Waals surface area contributed by atoms with Crippen LogP contribution in [0.1, 0.15) is 179 Å². The van der Waals surface area contributed by atoms with Gasteiger partial charge in [-0.15, -0.1) is 0 Å². The highest BCUT2D eigenvalue weighted by atomic mass is 14.1. The molecule has 0 radical (unpaired) electrons. The van der Waals surface area contributed by atoms with Crippen molar-refractivity contribution in [2.75, 3.05) is 0 Å². The summed E-state index contributed by atoms with van der Waals surface area (Å²) in [5.74, 6) is 0. The Morgan fingerprint density at radius 3 is 0.860 bits per heavy atom. The standard InChI is InChI=1S/C50H70/c1-3-5-7-9-11-13-15-17-19-21-23-25-27-41-29-33-45-43(39-41)31-35-49-47(45)37-38-48-46-34-30-42(40-44(46)32-36-50(48)49)28-26-24-22-20-18-16-14-12-10-8-6-4-2/h29-40H,3-28H2,1-2H3. The van der Waals surface area contributed by atoms with Gasteiger partial charge < -0.3 is 0 Å². The number of hydrogen-bond donors (Lipinski definition) is 0. The highest BCUT2D eigenvalue weighted by Gasteiger charge is 2.09. The summed E-state index contributed by atoms with van der Waals surface area (Å²) in [4.78, 5) is 0. The molecule has 0 atom stereocenters. The van der Waals surface area contributed by atoms with Gasteiger partial charge >= 0.3 is 0 Å². The lowest BCUT2D eigenvalue weighted by atomic mass is 9.92. The second-order valence-electron chi connectivity index (χ2n) is 15.8. The van der Waals surface area contributed by atoms with Crippen molar-refractivity contribution in [3.05, 3.63) is 83.9 Å². The predicted octanol–water partition coefficient (Wildman–Crippen LogP) is 16.8. The Hall–Kier alpha value is -2.86. The fourth-order valence-corrected chi connectivity index (χ4v) is 8.45. The average molecular weight is 671 g/mol. The maximum absolute atomic E-state index is 2.45. The first kappa shape index (κ1) is 38.4. The summed E-state index contributed by atoms with van der Waals surface area (Å²) < 4.78 is 0. The van der Waals surface area contributed by atoms with E-state index in [0.717, 1.165) is 0 Å². The summed E-state index contributed by atoms with van der Waals surface area (Å²) in [7, 11) is 0. The minimum atomic E-state index is 1.20. The van der Waals surface area contributed by atoms with Crippen molar-refractivity contribution >= 4 is 43.1 Å². The molecule has 5 aromatic carbocycles.